The molecule has 0 radical (unpaired) electrons. The Morgan fingerprint density at radius 2 is 2.04 bits per heavy atom. The minimum Gasteiger partial charge on any atom is -0.333 e. The van der Waals surface area contributed by atoms with Crippen molar-refractivity contribution in [3.63, 3.8) is 0 Å². The zero-order valence-corrected chi connectivity index (χ0v) is 13.5. The lowest BCUT2D eigenvalue weighted by molar-refractivity contribution is 0.240. The summed E-state index contributed by atoms with van der Waals surface area (Å²) in [5.41, 5.74) is 2.98. The Balaban J connectivity index is 1.69. The predicted octanol–water partition coefficient (Wildman–Crippen LogP) is 2.96. The van der Waals surface area contributed by atoms with Gasteiger partial charge in [-0.05, 0) is 37.6 Å². The van der Waals surface area contributed by atoms with Crippen LogP contribution in [-0.2, 0) is 0 Å². The number of likely N-dealkylation sites (tertiary alicyclic amines) is 1. The molecule has 2 amide bonds. The average molecular weight is 310 g/mol. The molecule has 2 aromatic rings. The lowest BCUT2D eigenvalue weighted by atomic mass is 10.0. The topological polar surface area (TPSA) is 57.3 Å². The van der Waals surface area contributed by atoms with E-state index in [4.69, 9.17) is 0 Å². The third-order valence-corrected chi connectivity index (χ3v) is 4.37. The second-order valence-corrected chi connectivity index (χ2v) is 6.02. The molecule has 0 aliphatic carbocycles. The fourth-order valence-electron chi connectivity index (χ4n) is 3.18. The summed E-state index contributed by atoms with van der Waals surface area (Å²) in [6.45, 7) is 2.90. The fraction of sp³-hybridized carbons (Fsp3) is 0.333. The molecule has 23 heavy (non-hydrogen) atoms. The molecule has 3 rings (SSSR count). The Bertz CT molecular complexity index is 674. The second-order valence-electron chi connectivity index (χ2n) is 6.02. The van der Waals surface area contributed by atoms with E-state index in [-0.39, 0.29) is 18.1 Å². The first kappa shape index (κ1) is 15.5. The smallest absolute Gasteiger partial charge is 0.319 e. The summed E-state index contributed by atoms with van der Waals surface area (Å²) in [6, 6.07) is 12.3. The molecule has 0 bridgehead atoms. The van der Waals surface area contributed by atoms with E-state index in [1.807, 2.05) is 31.2 Å². The highest BCUT2D eigenvalue weighted by atomic mass is 16.2. The maximum absolute atomic E-state index is 12.3. The molecule has 1 saturated heterocycles. The number of likely N-dealkylation sites (N-methyl/N-ethyl adjacent to an activating group) is 1. The summed E-state index contributed by atoms with van der Waals surface area (Å²) in [4.78, 5) is 18.7. The van der Waals surface area contributed by atoms with Crippen LogP contribution in [-0.4, -0.2) is 35.5 Å². The quantitative estimate of drug-likeness (QED) is 0.916. The number of pyridine rings is 1. The molecule has 2 atom stereocenters. The van der Waals surface area contributed by atoms with Crippen molar-refractivity contribution in [2.75, 3.05) is 18.9 Å². The van der Waals surface area contributed by atoms with Crippen LogP contribution < -0.4 is 10.6 Å². The highest BCUT2D eigenvalue weighted by molar-refractivity contribution is 5.90. The number of rotatable bonds is 3. The molecule has 2 N–H and O–H groups in total. The first-order valence-corrected chi connectivity index (χ1v) is 7.88. The number of urea groups is 1. The van der Waals surface area contributed by atoms with Crippen LogP contribution in [0.5, 0.6) is 0 Å². The first-order valence-electron chi connectivity index (χ1n) is 7.88. The number of nitrogens with zero attached hydrogens (tertiary/aromatic N) is 2. The van der Waals surface area contributed by atoms with E-state index in [1.165, 1.54) is 5.56 Å². The van der Waals surface area contributed by atoms with E-state index in [0.717, 1.165) is 24.2 Å². The van der Waals surface area contributed by atoms with Crippen molar-refractivity contribution in [3.8, 4) is 0 Å². The van der Waals surface area contributed by atoms with E-state index < -0.39 is 0 Å². The normalized spacial score (nSPS) is 21.1. The van der Waals surface area contributed by atoms with Crippen molar-refractivity contribution in [1.82, 2.24) is 15.2 Å². The third kappa shape index (κ3) is 3.51. The molecule has 5 heteroatoms. The van der Waals surface area contributed by atoms with E-state index >= 15 is 0 Å². The largest absolute Gasteiger partial charge is 0.333 e. The lowest BCUT2D eigenvalue weighted by Gasteiger charge is -2.26. The predicted molar refractivity (Wildman–Crippen MR) is 91.3 cm³/mol. The maximum atomic E-state index is 12.3. The van der Waals surface area contributed by atoms with Gasteiger partial charge in [0.2, 0.25) is 0 Å². The second kappa shape index (κ2) is 6.79. The molecule has 120 valence electrons. The number of benzene rings is 1. The van der Waals surface area contributed by atoms with Crippen molar-refractivity contribution >= 4 is 11.7 Å². The minimum atomic E-state index is -0.166. The Labute approximate surface area is 136 Å². The van der Waals surface area contributed by atoms with Gasteiger partial charge in [0.05, 0.1) is 12.1 Å². The lowest BCUT2D eigenvalue weighted by Crippen LogP contribution is -2.41. The van der Waals surface area contributed by atoms with Gasteiger partial charge in [0.25, 0.3) is 0 Å². The molecule has 1 aromatic heterocycles. The average Bonchev–Trinajstić information content (AvgIpc) is 2.91. The standard InChI is InChI=1S/C18H22N4O/c1-13-12-19-10-8-15(13)20-18(23)21-16-9-11-22(2)17(16)14-6-4-3-5-7-14/h3-8,10,12,16-17H,9,11H2,1-2H3,(H2,19,20,21,23)/t16-,17-/m0/s1. The van der Waals surface area contributed by atoms with E-state index in [2.05, 4.69) is 39.7 Å². The maximum Gasteiger partial charge on any atom is 0.319 e. The summed E-state index contributed by atoms with van der Waals surface area (Å²) in [5, 5.41) is 6.04. The molecular weight excluding hydrogens is 288 g/mol. The van der Waals surface area contributed by atoms with Crippen molar-refractivity contribution < 1.29 is 4.79 Å². The van der Waals surface area contributed by atoms with E-state index in [1.54, 1.807) is 12.4 Å². The van der Waals surface area contributed by atoms with Crippen LogP contribution >= 0.6 is 0 Å². The molecule has 1 aliphatic rings. The number of carbonyl (C=O) groups is 1. The number of hydrogen-bond acceptors (Lipinski definition) is 3. The number of aryl methyl sites for hydroxylation is 1. The zero-order chi connectivity index (χ0) is 16.2. The molecular formula is C18H22N4O. The highest BCUT2D eigenvalue weighted by Crippen LogP contribution is 2.30. The number of carbonyl (C=O) groups excluding carboxylic acids is 1. The number of aromatic nitrogens is 1. The van der Waals surface area contributed by atoms with Gasteiger partial charge in [-0.2, -0.15) is 0 Å². The van der Waals surface area contributed by atoms with Gasteiger partial charge >= 0.3 is 6.03 Å². The Morgan fingerprint density at radius 3 is 2.78 bits per heavy atom. The Kier molecular flexibility index (Phi) is 4.57. The van der Waals surface area contributed by atoms with Crippen molar-refractivity contribution in [3.05, 3.63) is 59.9 Å². The van der Waals surface area contributed by atoms with Gasteiger partial charge in [-0.15, -0.1) is 0 Å². The minimum absolute atomic E-state index is 0.101. The van der Waals surface area contributed by atoms with Gasteiger partial charge in [0.1, 0.15) is 0 Å². The van der Waals surface area contributed by atoms with Crippen LogP contribution in [0.1, 0.15) is 23.6 Å². The van der Waals surface area contributed by atoms with Crippen LogP contribution in [0.15, 0.2) is 48.8 Å². The Morgan fingerprint density at radius 1 is 1.26 bits per heavy atom. The number of nitrogens with one attached hydrogen (secondary N) is 2. The number of hydrogen-bond donors (Lipinski definition) is 2. The zero-order valence-electron chi connectivity index (χ0n) is 13.5. The molecule has 0 spiro atoms. The summed E-state index contributed by atoms with van der Waals surface area (Å²) >= 11 is 0. The van der Waals surface area contributed by atoms with Crippen LogP contribution in [0.25, 0.3) is 0 Å². The van der Waals surface area contributed by atoms with Crippen molar-refractivity contribution in [2.45, 2.75) is 25.4 Å². The highest BCUT2D eigenvalue weighted by Gasteiger charge is 2.33. The third-order valence-electron chi connectivity index (χ3n) is 4.37. The van der Waals surface area contributed by atoms with Gasteiger partial charge in [0, 0.05) is 24.6 Å². The van der Waals surface area contributed by atoms with Crippen LogP contribution in [0.4, 0.5) is 10.5 Å². The van der Waals surface area contributed by atoms with Crippen LogP contribution in [0.2, 0.25) is 0 Å². The molecule has 2 heterocycles. The summed E-state index contributed by atoms with van der Waals surface area (Å²) < 4.78 is 0. The van der Waals surface area contributed by atoms with Crippen molar-refractivity contribution in [2.24, 2.45) is 0 Å². The van der Waals surface area contributed by atoms with Gasteiger partial charge < -0.3 is 10.6 Å². The van der Waals surface area contributed by atoms with Crippen LogP contribution in [0, 0.1) is 6.92 Å². The molecule has 1 fully saturated rings. The van der Waals surface area contributed by atoms with Gasteiger partial charge in [-0.3, -0.25) is 9.88 Å². The van der Waals surface area contributed by atoms with E-state index in [9.17, 15) is 4.79 Å². The fourth-order valence-corrected chi connectivity index (χ4v) is 3.18. The van der Waals surface area contributed by atoms with Gasteiger partial charge in [0.15, 0.2) is 0 Å². The van der Waals surface area contributed by atoms with Gasteiger partial charge in [-0.1, -0.05) is 30.3 Å². The van der Waals surface area contributed by atoms with Crippen molar-refractivity contribution in [1.29, 1.82) is 0 Å². The van der Waals surface area contributed by atoms with Crippen LogP contribution in [0.3, 0.4) is 0 Å². The molecule has 1 aliphatic heterocycles. The monoisotopic (exact) mass is 310 g/mol. The molecule has 5 nitrogen and oxygen atoms in total. The number of anilines is 1. The summed E-state index contributed by atoms with van der Waals surface area (Å²) in [5.74, 6) is 0. The SMILES string of the molecule is Cc1cnccc1NC(=O)N[C@H]1CCN(C)[C@H]1c1ccccc1. The molecule has 0 unspecified atom stereocenters. The van der Waals surface area contributed by atoms with Gasteiger partial charge in [-0.25, -0.2) is 4.79 Å². The summed E-state index contributed by atoms with van der Waals surface area (Å²) in [7, 11) is 2.10. The Hall–Kier alpha value is -2.40. The first-order chi connectivity index (χ1) is 11.1. The summed E-state index contributed by atoms with van der Waals surface area (Å²) in [6.07, 6.45) is 4.36. The molecule has 1 aromatic carbocycles. The molecule has 0 saturated carbocycles. The number of amides is 2. The van der Waals surface area contributed by atoms with E-state index in [0.29, 0.717) is 0 Å².